The third kappa shape index (κ3) is 4.34. The van der Waals surface area contributed by atoms with Crippen molar-refractivity contribution in [3.05, 3.63) is 59.7 Å². The molecule has 2 rings (SSSR count). The van der Waals surface area contributed by atoms with Gasteiger partial charge in [-0.05, 0) is 42.8 Å². The molecule has 2 aromatic carbocycles. The van der Waals surface area contributed by atoms with Gasteiger partial charge in [0.1, 0.15) is 11.5 Å². The van der Waals surface area contributed by atoms with Crippen LogP contribution in [0.5, 0.6) is 11.5 Å². The summed E-state index contributed by atoms with van der Waals surface area (Å²) < 4.78 is 5.45. The highest BCUT2D eigenvalue weighted by molar-refractivity contribution is 5.95. The molecule has 114 valence electrons. The highest BCUT2D eigenvalue weighted by atomic mass is 16.5. The average Bonchev–Trinajstić information content (AvgIpc) is 2.55. The maximum atomic E-state index is 11.9. The number of hydrogen-bond donors (Lipinski definition) is 2. The molecule has 2 N–H and O–H groups in total. The minimum atomic E-state index is -0.325. The second kappa shape index (κ2) is 7.83. The summed E-state index contributed by atoms with van der Waals surface area (Å²) in [5.74, 6) is 0.516. The van der Waals surface area contributed by atoms with Crippen LogP contribution in [0.1, 0.15) is 29.3 Å². The summed E-state index contributed by atoms with van der Waals surface area (Å²) in [7, 11) is 0. The molecule has 2 aromatic rings. The zero-order chi connectivity index (χ0) is 15.8. The standard InChI is InChI=1S/C17H18N2O3/c1-2-11-22-15-9-7-13(8-10-15)17(21)19-18-12-14-5-3-4-6-16(14)20/h3-10,12,20H,2,11H2,1H3,(H,19,21)/b18-12+. The summed E-state index contributed by atoms with van der Waals surface area (Å²) in [6.07, 6.45) is 2.33. The number of carbonyl (C=O) groups is 1. The molecular weight excluding hydrogens is 280 g/mol. The van der Waals surface area contributed by atoms with E-state index in [2.05, 4.69) is 10.5 Å². The fourth-order valence-electron chi connectivity index (χ4n) is 1.74. The third-order valence-corrected chi connectivity index (χ3v) is 2.90. The van der Waals surface area contributed by atoms with Gasteiger partial charge >= 0.3 is 0 Å². The number of hydrazone groups is 1. The van der Waals surface area contributed by atoms with Crippen molar-refractivity contribution in [1.29, 1.82) is 0 Å². The molecule has 1 amide bonds. The van der Waals surface area contributed by atoms with E-state index in [1.54, 1.807) is 48.5 Å². The van der Waals surface area contributed by atoms with Gasteiger partial charge in [-0.2, -0.15) is 5.10 Å². The quantitative estimate of drug-likeness (QED) is 0.636. The molecule has 0 bridgehead atoms. The van der Waals surface area contributed by atoms with E-state index in [1.807, 2.05) is 6.92 Å². The number of rotatable bonds is 6. The summed E-state index contributed by atoms with van der Waals surface area (Å²) >= 11 is 0. The van der Waals surface area contributed by atoms with Crippen molar-refractivity contribution in [2.24, 2.45) is 5.10 Å². The molecule has 22 heavy (non-hydrogen) atoms. The number of phenols is 1. The Morgan fingerprint density at radius 1 is 1.23 bits per heavy atom. The van der Waals surface area contributed by atoms with Crippen LogP contribution < -0.4 is 10.2 Å². The van der Waals surface area contributed by atoms with Crippen LogP contribution in [0.2, 0.25) is 0 Å². The van der Waals surface area contributed by atoms with Gasteiger partial charge < -0.3 is 9.84 Å². The normalized spacial score (nSPS) is 10.6. The number of phenolic OH excluding ortho intramolecular Hbond substituents is 1. The SMILES string of the molecule is CCCOc1ccc(C(=O)N/N=C/c2ccccc2O)cc1. The number of nitrogens with one attached hydrogen (secondary N) is 1. The van der Waals surface area contributed by atoms with Crippen molar-refractivity contribution in [3.63, 3.8) is 0 Å². The van der Waals surface area contributed by atoms with Crippen LogP contribution in [0.15, 0.2) is 53.6 Å². The Labute approximate surface area is 129 Å². The van der Waals surface area contributed by atoms with Gasteiger partial charge in [0.25, 0.3) is 5.91 Å². The molecular formula is C17H18N2O3. The van der Waals surface area contributed by atoms with Gasteiger partial charge in [0.15, 0.2) is 0 Å². The Morgan fingerprint density at radius 3 is 2.64 bits per heavy atom. The number of carbonyl (C=O) groups excluding carboxylic acids is 1. The van der Waals surface area contributed by atoms with E-state index in [0.717, 1.165) is 12.2 Å². The molecule has 0 saturated carbocycles. The summed E-state index contributed by atoms with van der Waals surface area (Å²) in [6, 6.07) is 13.6. The van der Waals surface area contributed by atoms with E-state index in [9.17, 15) is 9.90 Å². The molecule has 0 aliphatic carbocycles. The lowest BCUT2D eigenvalue weighted by Gasteiger charge is -2.05. The summed E-state index contributed by atoms with van der Waals surface area (Å²) in [5, 5.41) is 13.4. The van der Waals surface area contributed by atoms with Crippen molar-refractivity contribution < 1.29 is 14.6 Å². The Morgan fingerprint density at radius 2 is 1.95 bits per heavy atom. The van der Waals surface area contributed by atoms with Gasteiger partial charge in [-0.15, -0.1) is 0 Å². The topological polar surface area (TPSA) is 70.9 Å². The van der Waals surface area contributed by atoms with Crippen LogP contribution in [0.25, 0.3) is 0 Å². The Kier molecular flexibility index (Phi) is 5.54. The second-order valence-corrected chi connectivity index (χ2v) is 4.63. The van der Waals surface area contributed by atoms with Crippen molar-refractivity contribution in [3.8, 4) is 11.5 Å². The van der Waals surface area contributed by atoms with Gasteiger partial charge in [0, 0.05) is 11.1 Å². The lowest BCUT2D eigenvalue weighted by Crippen LogP contribution is -2.17. The fraction of sp³-hybridized carbons (Fsp3) is 0.176. The zero-order valence-electron chi connectivity index (χ0n) is 12.3. The molecule has 5 nitrogen and oxygen atoms in total. The van der Waals surface area contributed by atoms with Gasteiger partial charge in [0.05, 0.1) is 12.8 Å². The smallest absolute Gasteiger partial charge is 0.271 e. The van der Waals surface area contributed by atoms with Gasteiger partial charge in [-0.1, -0.05) is 19.1 Å². The minimum absolute atomic E-state index is 0.109. The van der Waals surface area contributed by atoms with Crippen molar-refractivity contribution >= 4 is 12.1 Å². The number of para-hydroxylation sites is 1. The Bertz CT molecular complexity index is 651. The molecule has 0 saturated heterocycles. The van der Waals surface area contributed by atoms with E-state index in [1.165, 1.54) is 6.21 Å². The van der Waals surface area contributed by atoms with Crippen LogP contribution in [0, 0.1) is 0 Å². The van der Waals surface area contributed by atoms with Gasteiger partial charge in [-0.25, -0.2) is 5.43 Å². The molecule has 0 fully saturated rings. The van der Waals surface area contributed by atoms with E-state index < -0.39 is 0 Å². The molecule has 0 aromatic heterocycles. The van der Waals surface area contributed by atoms with Gasteiger partial charge in [0.2, 0.25) is 0 Å². The molecule has 0 aliphatic rings. The molecule has 0 spiro atoms. The maximum absolute atomic E-state index is 11.9. The second-order valence-electron chi connectivity index (χ2n) is 4.63. The first-order valence-corrected chi connectivity index (χ1v) is 7.05. The van der Waals surface area contributed by atoms with E-state index >= 15 is 0 Å². The number of amides is 1. The minimum Gasteiger partial charge on any atom is -0.507 e. The number of ether oxygens (including phenoxy) is 1. The van der Waals surface area contributed by atoms with E-state index in [0.29, 0.717) is 17.7 Å². The number of hydrogen-bond acceptors (Lipinski definition) is 4. The molecule has 0 atom stereocenters. The van der Waals surface area contributed by atoms with E-state index in [4.69, 9.17) is 4.74 Å². The average molecular weight is 298 g/mol. The summed E-state index contributed by atoms with van der Waals surface area (Å²) in [4.78, 5) is 11.9. The molecule has 0 radical (unpaired) electrons. The van der Waals surface area contributed by atoms with Gasteiger partial charge in [-0.3, -0.25) is 4.79 Å². The number of aromatic hydroxyl groups is 1. The predicted molar refractivity (Wildman–Crippen MR) is 85.4 cm³/mol. The largest absolute Gasteiger partial charge is 0.507 e. The summed E-state index contributed by atoms with van der Waals surface area (Å²) in [5.41, 5.74) is 3.43. The monoisotopic (exact) mass is 298 g/mol. The first-order chi connectivity index (χ1) is 10.7. The lowest BCUT2D eigenvalue weighted by molar-refractivity contribution is 0.0955. The highest BCUT2D eigenvalue weighted by Gasteiger charge is 2.04. The van der Waals surface area contributed by atoms with Crippen molar-refractivity contribution in [2.45, 2.75) is 13.3 Å². The summed E-state index contributed by atoms with van der Waals surface area (Å²) in [6.45, 7) is 2.68. The zero-order valence-corrected chi connectivity index (χ0v) is 12.3. The van der Waals surface area contributed by atoms with Crippen molar-refractivity contribution in [1.82, 2.24) is 5.43 Å². The first kappa shape index (κ1) is 15.6. The van der Waals surface area contributed by atoms with Crippen LogP contribution in [-0.4, -0.2) is 23.8 Å². The number of benzene rings is 2. The van der Waals surface area contributed by atoms with Crippen LogP contribution in [-0.2, 0) is 0 Å². The molecule has 0 aliphatic heterocycles. The predicted octanol–water partition coefficient (Wildman–Crippen LogP) is 2.94. The Balaban J connectivity index is 1.93. The molecule has 0 unspecified atom stereocenters. The van der Waals surface area contributed by atoms with Crippen LogP contribution >= 0.6 is 0 Å². The fourth-order valence-corrected chi connectivity index (χ4v) is 1.74. The third-order valence-electron chi connectivity index (χ3n) is 2.90. The van der Waals surface area contributed by atoms with E-state index in [-0.39, 0.29) is 11.7 Å². The first-order valence-electron chi connectivity index (χ1n) is 7.05. The van der Waals surface area contributed by atoms with Crippen molar-refractivity contribution in [2.75, 3.05) is 6.61 Å². The Hall–Kier alpha value is -2.82. The molecule has 5 heteroatoms. The molecule has 0 heterocycles. The lowest BCUT2D eigenvalue weighted by atomic mass is 10.2. The van der Waals surface area contributed by atoms with Crippen LogP contribution in [0.4, 0.5) is 0 Å². The maximum Gasteiger partial charge on any atom is 0.271 e. The number of nitrogens with zero attached hydrogens (tertiary/aromatic N) is 1. The highest BCUT2D eigenvalue weighted by Crippen LogP contribution is 2.13. The van der Waals surface area contributed by atoms with Crippen LogP contribution in [0.3, 0.4) is 0 Å².